The van der Waals surface area contributed by atoms with Crippen LogP contribution in [0.4, 0.5) is 10.8 Å². The number of nitrogen functional groups attached to an aromatic ring is 1. The van der Waals surface area contributed by atoms with E-state index in [1.165, 1.54) is 19.2 Å². The Bertz CT molecular complexity index is 1590. The molecule has 3 aliphatic rings. The molecule has 5 N–H and O–H groups in total. The highest BCUT2D eigenvalue weighted by molar-refractivity contribution is 8.15. The molecule has 0 aliphatic carbocycles. The fraction of sp³-hybridized carbons (Fsp3) is 0.238. The van der Waals surface area contributed by atoms with Crippen LogP contribution < -0.4 is 15.8 Å². The van der Waals surface area contributed by atoms with Crippen molar-refractivity contribution in [1.82, 2.24) is 19.9 Å². The molecule has 1 aromatic heterocycles. The molecule has 0 radical (unpaired) electrons. The van der Waals surface area contributed by atoms with Crippen molar-refractivity contribution in [3.63, 3.8) is 0 Å². The summed E-state index contributed by atoms with van der Waals surface area (Å²) in [5.41, 5.74) is 6.07. The molecule has 2 amide bonds. The van der Waals surface area contributed by atoms with Gasteiger partial charge in [-0.05, 0) is 12.1 Å². The average Bonchev–Trinajstić information content (AvgIpc) is 3.32. The van der Waals surface area contributed by atoms with Crippen LogP contribution in [0.15, 0.2) is 56.0 Å². The molecule has 18 heteroatoms. The molecule has 204 valence electrons. The van der Waals surface area contributed by atoms with Gasteiger partial charge in [-0.25, -0.2) is 23.2 Å². The number of carbonyl (C=O) groups is 3. The first-order valence-corrected chi connectivity index (χ1v) is 15.2. The van der Waals surface area contributed by atoms with E-state index in [-0.39, 0.29) is 50.0 Å². The van der Waals surface area contributed by atoms with Gasteiger partial charge >= 0.3 is 5.97 Å². The Morgan fingerprint density at radius 2 is 2.21 bits per heavy atom. The van der Waals surface area contributed by atoms with Crippen LogP contribution in [0.2, 0.25) is 0 Å². The molecule has 5 rings (SSSR count). The number of aromatic nitrogens is 1. The lowest BCUT2D eigenvalue weighted by Crippen LogP contribution is -2.61. The first kappa shape index (κ1) is 27.0. The second-order valence-electron chi connectivity index (χ2n) is 8.11. The van der Waals surface area contributed by atoms with Gasteiger partial charge in [0.25, 0.3) is 15.9 Å². The maximum atomic E-state index is 12.9. The van der Waals surface area contributed by atoms with Gasteiger partial charge in [0, 0.05) is 16.7 Å². The minimum atomic E-state index is -3.93. The summed E-state index contributed by atoms with van der Waals surface area (Å²) < 4.78 is 27.9. The standard InChI is InChI=1S/C21H19N7O7S4/c1-35-23-7-14(29)26-21(13-9-36-19(22)25-13)10(17(18(31)32)28-15(30)6-16(28)38-21)8-37-20-24-11-4-2-3-5-12(11)39(33,34)27-20/h2-5,7,9,16H,6,8H2,1H3,(H2,22,25)(H,24,27)(H,26,29)(H,31,32)/b23-7+/t16-,21?/m1/s1. The summed E-state index contributed by atoms with van der Waals surface area (Å²) in [5, 5.41) is 17.6. The summed E-state index contributed by atoms with van der Waals surface area (Å²) in [6.45, 7) is 0. The number of oxime groups is 1. The number of anilines is 1. The predicted molar refractivity (Wildman–Crippen MR) is 146 cm³/mol. The van der Waals surface area contributed by atoms with E-state index >= 15 is 0 Å². The summed E-state index contributed by atoms with van der Waals surface area (Å²) in [5.74, 6) is -2.75. The Labute approximate surface area is 233 Å². The molecular formula is C21H19N7O7S4. The summed E-state index contributed by atoms with van der Waals surface area (Å²) in [4.78, 5) is 50.8. The molecule has 2 aromatic rings. The van der Waals surface area contributed by atoms with Crippen LogP contribution in [-0.2, 0) is 34.1 Å². The van der Waals surface area contributed by atoms with E-state index in [4.69, 9.17) is 5.73 Å². The molecule has 0 spiro atoms. The highest BCUT2D eigenvalue weighted by Gasteiger charge is 2.57. The Hall–Kier alpha value is -3.61. The van der Waals surface area contributed by atoms with Crippen LogP contribution in [0, 0.1) is 0 Å². The Morgan fingerprint density at radius 1 is 1.44 bits per heavy atom. The summed E-state index contributed by atoms with van der Waals surface area (Å²) >= 11 is 3.08. The topological polar surface area (TPSA) is 206 Å². The summed E-state index contributed by atoms with van der Waals surface area (Å²) in [6.07, 6.45) is 0.909. The number of amides is 2. The number of nitrogens with zero attached hydrogens (tertiary/aromatic N) is 4. The highest BCUT2D eigenvalue weighted by Crippen LogP contribution is 2.54. The number of hydrogen-bond donors (Lipinski definition) is 4. The van der Waals surface area contributed by atoms with Gasteiger partial charge in [0.1, 0.15) is 23.9 Å². The lowest BCUT2D eigenvalue weighted by Gasteiger charge is -2.51. The number of nitrogens with one attached hydrogen (secondary N) is 2. The Morgan fingerprint density at radius 3 is 2.87 bits per heavy atom. The number of aliphatic carboxylic acids is 1. The molecule has 3 aliphatic heterocycles. The van der Waals surface area contributed by atoms with Crippen LogP contribution in [0.25, 0.3) is 0 Å². The van der Waals surface area contributed by atoms with Crippen molar-refractivity contribution in [3.8, 4) is 0 Å². The maximum Gasteiger partial charge on any atom is 0.352 e. The minimum Gasteiger partial charge on any atom is -0.477 e. The van der Waals surface area contributed by atoms with Crippen LogP contribution in [0.5, 0.6) is 0 Å². The molecule has 0 saturated carbocycles. The number of thioether (sulfide) groups is 2. The van der Waals surface area contributed by atoms with Gasteiger partial charge in [-0.2, -0.15) is 0 Å². The van der Waals surface area contributed by atoms with Crippen molar-refractivity contribution in [2.75, 3.05) is 18.6 Å². The third-order valence-electron chi connectivity index (χ3n) is 5.78. The van der Waals surface area contributed by atoms with E-state index in [1.807, 2.05) is 0 Å². The number of nitrogens with two attached hydrogens (primary N) is 1. The fourth-order valence-electron chi connectivity index (χ4n) is 4.16. The number of hydrogen-bond acceptors (Lipinski definition) is 13. The maximum absolute atomic E-state index is 12.9. The molecule has 1 unspecified atom stereocenters. The number of aliphatic imine (C=N–C) groups is 1. The van der Waals surface area contributed by atoms with E-state index in [0.29, 0.717) is 0 Å². The number of fused-ring (bicyclic) bond motifs is 2. The predicted octanol–water partition coefficient (Wildman–Crippen LogP) is 0.983. The number of sulfonamides is 1. The first-order valence-electron chi connectivity index (χ1n) is 11.0. The largest absolute Gasteiger partial charge is 0.477 e. The summed E-state index contributed by atoms with van der Waals surface area (Å²) in [7, 11) is -2.68. The zero-order valence-electron chi connectivity index (χ0n) is 19.9. The van der Waals surface area contributed by atoms with Crippen molar-refractivity contribution in [2.45, 2.75) is 21.6 Å². The van der Waals surface area contributed by atoms with E-state index in [0.717, 1.165) is 46.0 Å². The van der Waals surface area contributed by atoms with Gasteiger partial charge in [0.2, 0.25) is 5.91 Å². The van der Waals surface area contributed by atoms with Gasteiger partial charge in [0.15, 0.2) is 15.2 Å². The Balaban J connectivity index is 1.63. The Kier molecular flexibility index (Phi) is 7.04. The van der Waals surface area contributed by atoms with E-state index < -0.39 is 38.1 Å². The number of para-hydroxylation sites is 1. The average molecular weight is 610 g/mol. The second kappa shape index (κ2) is 10.2. The van der Waals surface area contributed by atoms with E-state index in [1.54, 1.807) is 17.5 Å². The molecule has 2 atom stereocenters. The number of benzene rings is 1. The molecule has 1 aromatic carbocycles. The minimum absolute atomic E-state index is 0.000908. The number of carboxylic acid groups (broad SMARTS) is 1. The zero-order chi connectivity index (χ0) is 27.9. The van der Waals surface area contributed by atoms with Crippen molar-refractivity contribution in [3.05, 3.63) is 46.6 Å². The summed E-state index contributed by atoms with van der Waals surface area (Å²) in [6, 6.07) is 6.15. The third-order valence-corrected chi connectivity index (χ3v) is 10.4. The molecule has 1 fully saturated rings. The monoisotopic (exact) mass is 609 g/mol. The van der Waals surface area contributed by atoms with Gasteiger partial charge < -0.3 is 21.0 Å². The van der Waals surface area contributed by atoms with Crippen LogP contribution in [0.1, 0.15) is 12.1 Å². The quantitative estimate of drug-likeness (QED) is 0.198. The third kappa shape index (κ3) is 4.83. The number of β-lactam (4-membered cyclic amide) rings is 1. The van der Waals surface area contributed by atoms with Crippen molar-refractivity contribution in [1.29, 1.82) is 0 Å². The normalized spacial score (nSPS) is 23.3. The second-order valence-corrected chi connectivity index (χ2v) is 13.0. The van der Waals surface area contributed by atoms with Crippen molar-refractivity contribution >= 4 is 84.9 Å². The number of carbonyl (C=O) groups excluding carboxylic acids is 2. The molecule has 39 heavy (non-hydrogen) atoms. The lowest BCUT2D eigenvalue weighted by atomic mass is 9.98. The van der Waals surface area contributed by atoms with Crippen molar-refractivity contribution in [2.24, 2.45) is 10.1 Å². The molecular weight excluding hydrogens is 591 g/mol. The van der Waals surface area contributed by atoms with Crippen molar-refractivity contribution < 1.29 is 32.7 Å². The van der Waals surface area contributed by atoms with Gasteiger partial charge in [0.05, 0.1) is 23.2 Å². The highest BCUT2D eigenvalue weighted by atomic mass is 32.2. The first-order chi connectivity index (χ1) is 18.6. The SMILES string of the molecule is CO/N=C/C(=O)NC1(c2csc(N)n2)S[C@@H]2CC(=O)N2C(C(=O)O)=C1CSC1=Nc2ccccc2S(=O)(=O)N1. The smallest absolute Gasteiger partial charge is 0.352 e. The van der Waals surface area contributed by atoms with Crippen LogP contribution >= 0.6 is 34.9 Å². The number of thiazole rings is 1. The van der Waals surface area contributed by atoms with Gasteiger partial charge in [-0.1, -0.05) is 40.8 Å². The van der Waals surface area contributed by atoms with Crippen LogP contribution in [0.3, 0.4) is 0 Å². The lowest BCUT2D eigenvalue weighted by molar-refractivity contribution is -0.146. The number of amidine groups is 1. The van der Waals surface area contributed by atoms with Crippen LogP contribution in [-0.4, -0.2) is 70.8 Å². The van der Waals surface area contributed by atoms with Gasteiger partial charge in [-0.15, -0.1) is 11.3 Å². The molecule has 1 saturated heterocycles. The fourth-order valence-corrected chi connectivity index (χ4v) is 8.99. The van der Waals surface area contributed by atoms with Gasteiger partial charge in [-0.3, -0.25) is 19.2 Å². The molecule has 4 heterocycles. The van der Waals surface area contributed by atoms with E-state index in [9.17, 15) is 27.9 Å². The van der Waals surface area contributed by atoms with E-state index in [2.05, 4.69) is 30.0 Å². The zero-order valence-corrected chi connectivity index (χ0v) is 23.1. The molecule has 0 bridgehead atoms. The number of rotatable bonds is 7. The molecule has 14 nitrogen and oxygen atoms in total. The number of carboxylic acids is 1.